The third-order valence-corrected chi connectivity index (χ3v) is 14.8. The van der Waals surface area contributed by atoms with Gasteiger partial charge in [0, 0.05) is 87.9 Å². The number of nitrogens with zero attached hydrogens (tertiary/aromatic N) is 5. The number of carbonyl (C=O) groups is 8. The molecule has 2 saturated heterocycles. The molecule has 0 radical (unpaired) electrons. The third kappa shape index (κ3) is 17.5. The minimum Gasteiger partial charge on any atom is -0.445 e. The highest BCUT2D eigenvalue weighted by atomic mass is 19.1. The van der Waals surface area contributed by atoms with Crippen LogP contribution in [-0.4, -0.2) is 147 Å². The van der Waals surface area contributed by atoms with E-state index in [2.05, 4.69) is 21.3 Å². The van der Waals surface area contributed by atoms with E-state index in [0.29, 0.717) is 62.4 Å². The molecule has 0 bridgehead atoms. The van der Waals surface area contributed by atoms with E-state index in [0.717, 1.165) is 28.7 Å². The fraction of sp³-hybridized carbons (Fsp3) is 0.475. The Morgan fingerprint density at radius 3 is 2.25 bits per heavy atom. The molecule has 21 nitrogen and oxygen atoms in total. The minimum absolute atomic E-state index is 0.0754. The van der Waals surface area contributed by atoms with Gasteiger partial charge in [-0.15, -0.1) is 0 Å². The molecule has 0 spiro atoms. The lowest BCUT2D eigenvalue weighted by molar-refractivity contribution is -0.145. The number of hydrogen-bond acceptors (Lipinski definition) is 12. The van der Waals surface area contributed by atoms with Crippen molar-refractivity contribution in [1.29, 1.82) is 0 Å². The number of anilines is 1. The quantitative estimate of drug-likeness (QED) is 0.0312. The fourth-order valence-electron chi connectivity index (χ4n) is 10.4. The van der Waals surface area contributed by atoms with Gasteiger partial charge in [-0.05, 0) is 98.7 Å². The number of nitrogens with two attached hydrogens (primary N) is 1. The Bertz CT molecular complexity index is 2940. The standard InChI is InChI=1S/C59H73F3N10O11/c1-36(2)52(68-49(74)14-8-5-9-26-71-50(75)21-22-51(71)76)56(78)67-47(13-10-25-64-58(63)80)55(77)65-43-18-15-39(16-19-43)35-83-59(81)70-31-41(46(62)33-70)32-72(57(79)37(3)73)53(40-23-27-82-28-24-40)54-66-48(44-29-42(60)17-20-45(44)61)34-69(54)30-38-11-6-4-7-12-38/h4,6-7,11-12,15-22,29,34,36-37,40-41,46-47,52-53,73H,5,8-10,13-14,23-28,30-33,35H2,1-3H3,(H,65,77)(H,67,78)(H,68,74)(H3,63,64,80). The second-order valence-electron chi connectivity index (χ2n) is 21.5. The number of likely N-dealkylation sites (tertiary alicyclic amines) is 1. The van der Waals surface area contributed by atoms with Crippen LogP contribution in [0.5, 0.6) is 0 Å². The maximum absolute atomic E-state index is 16.3. The first-order valence-corrected chi connectivity index (χ1v) is 28.0. The van der Waals surface area contributed by atoms with Crippen LogP contribution in [0.3, 0.4) is 0 Å². The number of ether oxygens (including phenoxy) is 2. The van der Waals surface area contributed by atoms with Crippen molar-refractivity contribution >= 4 is 53.3 Å². The first-order valence-electron chi connectivity index (χ1n) is 28.0. The molecule has 0 aliphatic carbocycles. The first-order chi connectivity index (χ1) is 39.8. The smallest absolute Gasteiger partial charge is 0.410 e. The SMILES string of the molecule is CC(O)C(=O)N(CC1CN(C(=O)OCc2ccc(NC(=O)C(CCCNC(N)=O)NC(=O)C(NC(=O)CCCCCN3C(=O)C=CC3=O)C(C)C)cc2)CC1F)C(c1nc(-c2cc(F)ccc2F)cn1Cc1ccccc1)C1CCOCC1. The number of amides is 9. The molecule has 7 rings (SSSR count). The average molecular weight is 1160 g/mol. The van der Waals surface area contributed by atoms with Crippen LogP contribution in [0.25, 0.3) is 11.3 Å². The molecule has 1 aromatic heterocycles. The fourth-order valence-corrected chi connectivity index (χ4v) is 10.4. The number of halogens is 3. The molecule has 3 aromatic carbocycles. The maximum Gasteiger partial charge on any atom is 0.410 e. The van der Waals surface area contributed by atoms with Crippen LogP contribution >= 0.6 is 0 Å². The highest BCUT2D eigenvalue weighted by Gasteiger charge is 2.44. The number of rotatable bonds is 27. The van der Waals surface area contributed by atoms with Gasteiger partial charge in [0.05, 0.1) is 18.3 Å². The summed E-state index contributed by atoms with van der Waals surface area (Å²) in [5.41, 5.74) is 6.91. The number of carbonyl (C=O) groups excluding carboxylic acids is 8. The van der Waals surface area contributed by atoms with E-state index in [9.17, 15) is 47.9 Å². The third-order valence-electron chi connectivity index (χ3n) is 14.8. The predicted molar refractivity (Wildman–Crippen MR) is 298 cm³/mol. The van der Waals surface area contributed by atoms with E-state index in [1.54, 1.807) is 48.9 Å². The molecular formula is C59H73F3N10O11. The summed E-state index contributed by atoms with van der Waals surface area (Å²) >= 11 is 0. The molecule has 83 heavy (non-hydrogen) atoms. The molecule has 3 aliphatic rings. The molecule has 0 saturated carbocycles. The number of imide groups is 1. The lowest BCUT2D eigenvalue weighted by Gasteiger charge is -2.40. The van der Waals surface area contributed by atoms with E-state index >= 15 is 8.78 Å². The molecule has 6 atom stereocenters. The summed E-state index contributed by atoms with van der Waals surface area (Å²) < 4.78 is 59.4. The zero-order valence-corrected chi connectivity index (χ0v) is 46.8. The van der Waals surface area contributed by atoms with Gasteiger partial charge in [-0.1, -0.05) is 62.7 Å². The second kappa shape index (κ2) is 29.7. The zero-order chi connectivity index (χ0) is 59.7. The Morgan fingerprint density at radius 2 is 1.58 bits per heavy atom. The lowest BCUT2D eigenvalue weighted by atomic mass is 9.88. The van der Waals surface area contributed by atoms with Crippen molar-refractivity contribution in [3.63, 3.8) is 0 Å². The van der Waals surface area contributed by atoms with Crippen LogP contribution < -0.4 is 27.0 Å². The molecule has 446 valence electrons. The number of urea groups is 1. The molecule has 9 amide bonds. The average Bonchev–Trinajstić information content (AvgIpc) is 4.39. The van der Waals surface area contributed by atoms with Gasteiger partial charge in [-0.25, -0.2) is 27.7 Å². The Morgan fingerprint density at radius 1 is 0.867 bits per heavy atom. The van der Waals surface area contributed by atoms with Crippen LogP contribution in [0.1, 0.15) is 95.1 Å². The van der Waals surface area contributed by atoms with Crippen molar-refractivity contribution in [2.45, 2.75) is 116 Å². The summed E-state index contributed by atoms with van der Waals surface area (Å²) in [6.07, 6.45) is 2.85. The molecule has 6 unspecified atom stereocenters. The Labute approximate surface area is 479 Å². The molecule has 7 N–H and O–H groups in total. The maximum atomic E-state index is 16.3. The summed E-state index contributed by atoms with van der Waals surface area (Å²) in [6, 6.07) is 14.9. The van der Waals surface area contributed by atoms with Crippen molar-refractivity contribution in [2.75, 3.05) is 51.3 Å². The van der Waals surface area contributed by atoms with Gasteiger partial charge in [0.25, 0.3) is 17.7 Å². The number of aliphatic hydroxyl groups is 1. The number of benzene rings is 3. The van der Waals surface area contributed by atoms with Gasteiger partial charge >= 0.3 is 12.1 Å². The van der Waals surface area contributed by atoms with Gasteiger partial charge in [0.2, 0.25) is 17.7 Å². The van der Waals surface area contributed by atoms with Crippen LogP contribution in [0.15, 0.2) is 91.1 Å². The topological polar surface area (TPSA) is 277 Å². The normalized spacial score (nSPS) is 17.7. The number of hydrogen-bond donors (Lipinski definition) is 6. The monoisotopic (exact) mass is 1150 g/mol. The molecule has 24 heteroatoms. The van der Waals surface area contributed by atoms with Crippen molar-refractivity contribution in [3.8, 4) is 11.3 Å². The number of aromatic nitrogens is 2. The van der Waals surface area contributed by atoms with Crippen molar-refractivity contribution in [1.82, 2.24) is 40.2 Å². The zero-order valence-electron chi connectivity index (χ0n) is 46.8. The number of aliphatic hydroxyl groups excluding tert-OH is 1. The molecule has 3 aliphatic heterocycles. The Balaban J connectivity index is 0.976. The first kappa shape index (κ1) is 62.5. The van der Waals surface area contributed by atoms with E-state index in [1.807, 2.05) is 30.3 Å². The highest BCUT2D eigenvalue weighted by Crippen LogP contribution is 2.39. The van der Waals surface area contributed by atoms with E-state index in [4.69, 9.17) is 20.2 Å². The van der Waals surface area contributed by atoms with Crippen molar-refractivity contribution in [3.05, 3.63) is 120 Å². The molecule has 4 heterocycles. The van der Waals surface area contributed by atoms with Crippen LogP contribution in [-0.2, 0) is 51.4 Å². The predicted octanol–water partition coefficient (Wildman–Crippen LogP) is 5.66. The molecular weight excluding hydrogens is 1080 g/mol. The summed E-state index contributed by atoms with van der Waals surface area (Å²) in [7, 11) is 0. The number of imidazole rings is 1. The summed E-state index contributed by atoms with van der Waals surface area (Å²) in [6.45, 7) is 5.05. The van der Waals surface area contributed by atoms with Crippen molar-refractivity contribution in [2.24, 2.45) is 23.5 Å². The molecule has 4 aromatic rings. The van der Waals surface area contributed by atoms with E-state index < -0.39 is 83.7 Å². The number of nitrogens with one attached hydrogen (secondary N) is 4. The highest BCUT2D eigenvalue weighted by molar-refractivity contribution is 6.12. The minimum atomic E-state index is -1.62. The van der Waals surface area contributed by atoms with Crippen molar-refractivity contribution < 1.29 is 66.1 Å². The van der Waals surface area contributed by atoms with Gasteiger partial charge < -0.3 is 55.9 Å². The van der Waals surface area contributed by atoms with Crippen LogP contribution in [0.2, 0.25) is 0 Å². The van der Waals surface area contributed by atoms with E-state index in [1.165, 1.54) is 28.9 Å². The second-order valence-corrected chi connectivity index (χ2v) is 21.5. The molecule has 2 fully saturated rings. The summed E-state index contributed by atoms with van der Waals surface area (Å²) in [5, 5.41) is 21.6. The summed E-state index contributed by atoms with van der Waals surface area (Å²) in [5.74, 6) is -5.79. The van der Waals surface area contributed by atoms with Gasteiger partial charge in [0.1, 0.15) is 48.4 Å². The van der Waals surface area contributed by atoms with Crippen LogP contribution in [0.4, 0.5) is 28.4 Å². The number of primary amides is 1. The number of unbranched alkanes of at least 4 members (excludes halogenated alkanes) is 2. The van der Waals surface area contributed by atoms with E-state index in [-0.39, 0.29) is 100 Å². The largest absolute Gasteiger partial charge is 0.445 e. The lowest BCUT2D eigenvalue weighted by Crippen LogP contribution is -2.54. The van der Waals surface area contributed by atoms with Gasteiger partial charge in [0.15, 0.2) is 0 Å². The Hall–Kier alpha value is -8.12. The number of alkyl halides is 1. The van der Waals surface area contributed by atoms with Gasteiger partial charge in [-0.2, -0.15) is 0 Å². The van der Waals surface area contributed by atoms with Crippen LogP contribution in [0, 0.1) is 29.4 Å². The Kier molecular flexibility index (Phi) is 22.4. The summed E-state index contributed by atoms with van der Waals surface area (Å²) in [4.78, 5) is 112. The van der Waals surface area contributed by atoms with Gasteiger partial charge in [-0.3, -0.25) is 33.7 Å².